The second-order valence-corrected chi connectivity index (χ2v) is 5.24. The molecule has 1 rings (SSSR count). The molecule has 1 aromatic rings. The van der Waals surface area contributed by atoms with Gasteiger partial charge < -0.3 is 10.4 Å². The minimum Gasteiger partial charge on any atom is -0.506 e. The Kier molecular flexibility index (Phi) is 4.40. The summed E-state index contributed by atoms with van der Waals surface area (Å²) in [5.74, 6) is -0.280. The molecule has 0 saturated heterocycles. The van der Waals surface area contributed by atoms with Gasteiger partial charge in [0.05, 0.1) is 11.4 Å². The first-order valence-electron chi connectivity index (χ1n) is 4.56. The Bertz CT molecular complexity index is 461. The van der Waals surface area contributed by atoms with E-state index in [1.54, 1.807) is 6.07 Å². The number of hydrogen-bond acceptors (Lipinski definition) is 4. The predicted octanol–water partition coefficient (Wildman–Crippen LogP) is 1.74. The molecule has 0 aliphatic rings. The monoisotopic (exact) mass is 265 g/mol. The average Bonchev–Trinajstić information content (AvgIpc) is 2.16. The number of benzene rings is 1. The highest BCUT2D eigenvalue weighted by molar-refractivity contribution is 7.85. The van der Waals surface area contributed by atoms with Crippen LogP contribution in [-0.4, -0.2) is 30.4 Å². The van der Waals surface area contributed by atoms with Crippen LogP contribution in [-0.2, 0) is 10.1 Å². The Morgan fingerprint density at radius 3 is 2.69 bits per heavy atom. The first-order valence-corrected chi connectivity index (χ1v) is 6.55. The molecule has 0 aromatic heterocycles. The van der Waals surface area contributed by atoms with Crippen molar-refractivity contribution in [3.8, 4) is 5.75 Å². The van der Waals surface area contributed by atoms with E-state index in [1.165, 1.54) is 12.1 Å². The molecule has 0 radical (unpaired) electrons. The van der Waals surface area contributed by atoms with Crippen molar-refractivity contribution in [2.24, 2.45) is 0 Å². The summed E-state index contributed by atoms with van der Waals surface area (Å²) in [6, 6.07) is 4.51. The zero-order chi connectivity index (χ0) is 12.2. The fourth-order valence-electron chi connectivity index (χ4n) is 1.13. The van der Waals surface area contributed by atoms with Crippen LogP contribution in [0, 0.1) is 0 Å². The van der Waals surface area contributed by atoms with Crippen molar-refractivity contribution in [1.29, 1.82) is 0 Å². The third kappa shape index (κ3) is 4.69. The standard InChI is InChI=1S/C9H12ClNO4S/c10-7-2-3-9(12)8(6-7)11-4-1-5-16(13,14)15/h2-3,6,11-12H,1,4-5H2,(H,13,14,15). The first-order chi connectivity index (χ1) is 7.38. The van der Waals surface area contributed by atoms with Crippen LogP contribution in [0.15, 0.2) is 18.2 Å². The van der Waals surface area contributed by atoms with Crippen molar-refractivity contribution >= 4 is 27.4 Å². The smallest absolute Gasteiger partial charge is 0.264 e. The number of phenols is 1. The lowest BCUT2D eigenvalue weighted by Crippen LogP contribution is -2.10. The Balaban J connectivity index is 2.46. The summed E-state index contributed by atoms with van der Waals surface area (Å²) in [5.41, 5.74) is 0.433. The van der Waals surface area contributed by atoms with Crippen molar-refractivity contribution in [2.45, 2.75) is 6.42 Å². The zero-order valence-electron chi connectivity index (χ0n) is 8.35. The van der Waals surface area contributed by atoms with Gasteiger partial charge in [0, 0.05) is 11.6 Å². The molecule has 0 unspecified atom stereocenters. The molecule has 90 valence electrons. The van der Waals surface area contributed by atoms with Gasteiger partial charge in [-0.05, 0) is 24.6 Å². The Labute approximate surface area is 98.8 Å². The molecule has 0 atom stereocenters. The van der Waals surface area contributed by atoms with Crippen LogP contribution in [0.2, 0.25) is 5.02 Å². The minimum atomic E-state index is -3.93. The van der Waals surface area contributed by atoms with Crippen LogP contribution in [0.5, 0.6) is 5.75 Å². The van der Waals surface area contributed by atoms with Crippen molar-refractivity contribution < 1.29 is 18.1 Å². The van der Waals surface area contributed by atoms with Crippen molar-refractivity contribution in [2.75, 3.05) is 17.6 Å². The number of anilines is 1. The minimum absolute atomic E-state index is 0.0382. The summed E-state index contributed by atoms with van der Waals surface area (Å²) in [6.07, 6.45) is 0.241. The highest BCUT2D eigenvalue weighted by atomic mass is 35.5. The van der Waals surface area contributed by atoms with E-state index in [0.29, 0.717) is 17.3 Å². The van der Waals surface area contributed by atoms with Gasteiger partial charge in [-0.15, -0.1) is 0 Å². The van der Waals surface area contributed by atoms with Crippen LogP contribution in [0.1, 0.15) is 6.42 Å². The summed E-state index contributed by atoms with van der Waals surface area (Å²) in [7, 11) is -3.93. The lowest BCUT2D eigenvalue weighted by Gasteiger charge is -2.07. The number of aromatic hydroxyl groups is 1. The van der Waals surface area contributed by atoms with E-state index in [-0.39, 0.29) is 17.9 Å². The third-order valence-electron chi connectivity index (χ3n) is 1.85. The van der Waals surface area contributed by atoms with Crippen LogP contribution in [0.4, 0.5) is 5.69 Å². The quantitative estimate of drug-likeness (QED) is 0.429. The van der Waals surface area contributed by atoms with E-state index < -0.39 is 10.1 Å². The normalized spacial score (nSPS) is 11.4. The van der Waals surface area contributed by atoms with Crippen molar-refractivity contribution in [1.82, 2.24) is 0 Å². The molecular formula is C9H12ClNO4S. The van der Waals surface area contributed by atoms with E-state index in [1.807, 2.05) is 0 Å². The molecule has 0 fully saturated rings. The number of rotatable bonds is 5. The molecule has 0 heterocycles. The molecule has 0 bridgehead atoms. The molecule has 7 heteroatoms. The Hall–Kier alpha value is -0.980. The molecule has 0 saturated carbocycles. The summed E-state index contributed by atoms with van der Waals surface area (Å²) in [6.45, 7) is 0.313. The van der Waals surface area contributed by atoms with E-state index in [9.17, 15) is 13.5 Å². The van der Waals surface area contributed by atoms with E-state index >= 15 is 0 Å². The SMILES string of the molecule is O=S(=O)(O)CCCNc1cc(Cl)ccc1O. The summed E-state index contributed by atoms with van der Waals surface area (Å²) >= 11 is 5.72. The van der Waals surface area contributed by atoms with E-state index in [0.717, 1.165) is 0 Å². The number of phenolic OH excluding ortho intramolecular Hbond substituents is 1. The number of halogens is 1. The largest absolute Gasteiger partial charge is 0.506 e. The molecule has 0 aliphatic heterocycles. The highest BCUT2D eigenvalue weighted by Crippen LogP contribution is 2.26. The second-order valence-electron chi connectivity index (χ2n) is 3.23. The van der Waals surface area contributed by atoms with Gasteiger partial charge in [0.2, 0.25) is 0 Å². The Morgan fingerprint density at radius 2 is 2.06 bits per heavy atom. The zero-order valence-corrected chi connectivity index (χ0v) is 9.92. The van der Waals surface area contributed by atoms with Crippen LogP contribution in [0.25, 0.3) is 0 Å². The van der Waals surface area contributed by atoms with Gasteiger partial charge in [0.15, 0.2) is 0 Å². The maximum Gasteiger partial charge on any atom is 0.264 e. The van der Waals surface area contributed by atoms with Gasteiger partial charge >= 0.3 is 0 Å². The molecule has 3 N–H and O–H groups in total. The number of nitrogens with one attached hydrogen (secondary N) is 1. The molecule has 16 heavy (non-hydrogen) atoms. The van der Waals surface area contributed by atoms with Gasteiger partial charge in [0.25, 0.3) is 10.1 Å². The van der Waals surface area contributed by atoms with Gasteiger partial charge in [0.1, 0.15) is 5.75 Å². The third-order valence-corrected chi connectivity index (χ3v) is 2.89. The van der Waals surface area contributed by atoms with Crippen LogP contribution < -0.4 is 5.32 Å². The van der Waals surface area contributed by atoms with Gasteiger partial charge in [-0.25, -0.2) is 0 Å². The number of hydrogen-bond donors (Lipinski definition) is 3. The molecule has 0 spiro atoms. The van der Waals surface area contributed by atoms with Crippen LogP contribution >= 0.6 is 11.6 Å². The molecule has 1 aromatic carbocycles. The maximum absolute atomic E-state index is 10.4. The molecule has 0 aliphatic carbocycles. The lowest BCUT2D eigenvalue weighted by molar-refractivity contribution is 0.477. The van der Waals surface area contributed by atoms with E-state index in [4.69, 9.17) is 16.2 Å². The van der Waals surface area contributed by atoms with E-state index in [2.05, 4.69) is 5.32 Å². The summed E-state index contributed by atoms with van der Waals surface area (Å²) in [5, 5.41) is 12.7. The highest BCUT2D eigenvalue weighted by Gasteiger charge is 2.05. The average molecular weight is 266 g/mol. The fourth-order valence-corrected chi connectivity index (χ4v) is 1.81. The summed E-state index contributed by atoms with van der Waals surface area (Å²) in [4.78, 5) is 0. The van der Waals surface area contributed by atoms with Gasteiger partial charge in [-0.3, -0.25) is 4.55 Å². The Morgan fingerprint density at radius 1 is 1.38 bits per heavy atom. The van der Waals surface area contributed by atoms with Crippen molar-refractivity contribution in [3.63, 3.8) is 0 Å². The topological polar surface area (TPSA) is 86.6 Å². The van der Waals surface area contributed by atoms with Crippen molar-refractivity contribution in [3.05, 3.63) is 23.2 Å². The molecular weight excluding hydrogens is 254 g/mol. The molecule has 5 nitrogen and oxygen atoms in total. The lowest BCUT2D eigenvalue weighted by atomic mass is 10.3. The van der Waals surface area contributed by atoms with Gasteiger partial charge in [-0.2, -0.15) is 8.42 Å². The fraction of sp³-hybridized carbons (Fsp3) is 0.333. The first kappa shape index (κ1) is 13.1. The second kappa shape index (κ2) is 5.38. The predicted molar refractivity (Wildman–Crippen MR) is 62.6 cm³/mol. The maximum atomic E-state index is 10.4. The van der Waals surface area contributed by atoms with Crippen LogP contribution in [0.3, 0.4) is 0 Å². The molecule has 0 amide bonds. The van der Waals surface area contributed by atoms with Gasteiger partial charge in [-0.1, -0.05) is 11.6 Å². The summed E-state index contributed by atoms with van der Waals surface area (Å²) < 4.78 is 29.3.